The highest BCUT2D eigenvalue weighted by Crippen LogP contribution is 2.30. The van der Waals surface area contributed by atoms with Crippen molar-refractivity contribution in [2.75, 3.05) is 13.2 Å². The van der Waals surface area contributed by atoms with Crippen LogP contribution < -0.4 is 11.1 Å². The molecule has 0 bridgehead atoms. The summed E-state index contributed by atoms with van der Waals surface area (Å²) in [7, 11) is 0. The van der Waals surface area contributed by atoms with Gasteiger partial charge in [-0.05, 0) is 71.5 Å². The van der Waals surface area contributed by atoms with Gasteiger partial charge in [0.2, 0.25) is 0 Å². The number of nitrogens with one attached hydrogen (secondary N) is 2. The number of nitrogens with two attached hydrogens (primary N) is 1. The number of hydrogen-bond donors (Lipinski definition) is 3. The molecule has 1 saturated heterocycles. The number of Topliss-reactive ketones (excluding diaryl/α,β-unsaturated/α-hetero) is 1. The maximum atomic E-state index is 15.1. The van der Waals surface area contributed by atoms with E-state index < -0.39 is 29.4 Å². The Hall–Kier alpha value is -4.38. The minimum Gasteiger partial charge on any atom is -0.375 e. The summed E-state index contributed by atoms with van der Waals surface area (Å²) in [6, 6.07) is 18.1. The summed E-state index contributed by atoms with van der Waals surface area (Å²) < 4.78 is 48.5. The number of hydrogen-bond acceptors (Lipinski definition) is 6. The van der Waals surface area contributed by atoms with Crippen molar-refractivity contribution in [3.8, 4) is 0 Å². The quantitative estimate of drug-likeness (QED) is 0.201. The molecule has 10 heteroatoms. The zero-order chi connectivity index (χ0) is 30.6. The topological polar surface area (TPSA) is 106 Å². The molecule has 7 nitrogen and oxygen atoms in total. The first-order valence-corrected chi connectivity index (χ1v) is 14.6. The predicted molar refractivity (Wildman–Crippen MR) is 160 cm³/mol. The van der Waals surface area contributed by atoms with E-state index in [1.54, 1.807) is 24.3 Å². The molecular formula is C34H32F3N5O2. The second-order valence-corrected chi connectivity index (χ2v) is 11.1. The van der Waals surface area contributed by atoms with Crippen molar-refractivity contribution in [2.45, 2.75) is 43.4 Å². The molecular weight excluding hydrogens is 567 g/mol. The van der Waals surface area contributed by atoms with Crippen LogP contribution >= 0.6 is 0 Å². The highest BCUT2D eigenvalue weighted by atomic mass is 19.1. The van der Waals surface area contributed by atoms with Gasteiger partial charge in [0.25, 0.3) is 0 Å². The monoisotopic (exact) mass is 599 g/mol. The molecule has 0 unspecified atom stereocenters. The van der Waals surface area contributed by atoms with Gasteiger partial charge < -0.3 is 20.8 Å². The van der Waals surface area contributed by atoms with Gasteiger partial charge in [0.1, 0.15) is 23.3 Å². The van der Waals surface area contributed by atoms with E-state index >= 15 is 4.39 Å². The molecule has 1 aliphatic rings. The highest BCUT2D eigenvalue weighted by Gasteiger charge is 2.29. The number of carbonyl (C=O) groups excluding carboxylic acids is 1. The Morgan fingerprint density at radius 1 is 0.955 bits per heavy atom. The molecule has 3 aromatic carbocycles. The zero-order valence-corrected chi connectivity index (χ0v) is 23.9. The first kappa shape index (κ1) is 29.7. The third-order valence-electron chi connectivity index (χ3n) is 8.19. The summed E-state index contributed by atoms with van der Waals surface area (Å²) in [6.07, 6.45) is 3.20. The number of halogens is 3. The Kier molecular flexibility index (Phi) is 8.83. The number of H-pyrrole nitrogens is 1. The van der Waals surface area contributed by atoms with Crippen molar-refractivity contribution in [3.05, 3.63) is 131 Å². The number of morpholine rings is 1. The van der Waals surface area contributed by atoms with Gasteiger partial charge in [0.15, 0.2) is 5.78 Å². The third-order valence-corrected chi connectivity index (χ3v) is 8.19. The molecule has 44 heavy (non-hydrogen) atoms. The number of benzene rings is 3. The maximum absolute atomic E-state index is 15.1. The van der Waals surface area contributed by atoms with Crippen molar-refractivity contribution in [2.24, 2.45) is 5.73 Å². The Labute approximate surface area is 252 Å². The largest absolute Gasteiger partial charge is 0.375 e. The molecule has 0 radical (unpaired) electrons. The number of carbonyl (C=O) groups is 1. The Morgan fingerprint density at radius 3 is 2.27 bits per heavy atom. The molecule has 1 aliphatic heterocycles. The smallest absolute Gasteiger partial charge is 0.154 e. The van der Waals surface area contributed by atoms with Gasteiger partial charge >= 0.3 is 0 Å². The summed E-state index contributed by atoms with van der Waals surface area (Å²) in [5.41, 5.74) is 10.4. The summed E-state index contributed by atoms with van der Waals surface area (Å²) in [4.78, 5) is 25.5. The number of fused-ring (bicyclic) bond motifs is 1. The summed E-state index contributed by atoms with van der Waals surface area (Å²) >= 11 is 0. The molecule has 1 fully saturated rings. The normalized spacial score (nSPS) is 17.7. The summed E-state index contributed by atoms with van der Waals surface area (Å²) in [6.45, 7) is 0.974. The van der Waals surface area contributed by atoms with Gasteiger partial charge in [-0.25, -0.2) is 18.2 Å². The SMILES string of the molecule is N[C@H](C(=O)Cc1cncc(F)c1CC[C@@H]1CN[C@H](c2nc3ccccc3[nH]2)CO1)C(c1ccc(F)cc1)c1ccc(F)cc1. The lowest BCUT2D eigenvalue weighted by Gasteiger charge is -2.29. The first-order chi connectivity index (χ1) is 21.4. The van der Waals surface area contributed by atoms with Crippen LogP contribution in [0.4, 0.5) is 13.2 Å². The number of pyridine rings is 1. The van der Waals surface area contributed by atoms with Crippen LogP contribution in [-0.4, -0.2) is 46.0 Å². The fraction of sp³-hybridized carbons (Fsp3) is 0.265. The Bertz CT molecular complexity index is 1660. The van der Waals surface area contributed by atoms with Crippen LogP contribution in [0.2, 0.25) is 0 Å². The summed E-state index contributed by atoms with van der Waals surface area (Å²) in [5.74, 6) is -1.55. The van der Waals surface area contributed by atoms with Crippen LogP contribution in [0, 0.1) is 17.5 Å². The fourth-order valence-corrected chi connectivity index (χ4v) is 5.80. The molecule has 0 spiro atoms. The molecule has 5 aromatic rings. The van der Waals surface area contributed by atoms with E-state index in [4.69, 9.17) is 10.5 Å². The Morgan fingerprint density at radius 2 is 1.64 bits per heavy atom. The number of nitrogens with zero attached hydrogens (tertiary/aromatic N) is 2. The summed E-state index contributed by atoms with van der Waals surface area (Å²) in [5, 5.41) is 3.47. The molecule has 0 amide bonds. The van der Waals surface area contributed by atoms with Gasteiger partial charge in [0, 0.05) is 25.1 Å². The van der Waals surface area contributed by atoms with Crippen molar-refractivity contribution in [1.29, 1.82) is 0 Å². The van der Waals surface area contributed by atoms with E-state index in [9.17, 15) is 13.6 Å². The number of ether oxygens (including phenoxy) is 1. The molecule has 0 saturated carbocycles. The molecule has 226 valence electrons. The molecule has 6 rings (SSSR count). The minimum atomic E-state index is -1.05. The molecule has 2 aromatic heterocycles. The predicted octanol–water partition coefficient (Wildman–Crippen LogP) is 5.31. The number of imidazole rings is 1. The molecule has 4 N–H and O–H groups in total. The average molecular weight is 600 g/mol. The van der Waals surface area contributed by atoms with E-state index in [1.807, 2.05) is 24.3 Å². The van der Waals surface area contributed by atoms with Gasteiger partial charge in [-0.2, -0.15) is 0 Å². The zero-order valence-electron chi connectivity index (χ0n) is 23.9. The minimum absolute atomic E-state index is 0.0823. The van der Waals surface area contributed by atoms with E-state index in [0.29, 0.717) is 48.2 Å². The van der Waals surface area contributed by atoms with Crippen LogP contribution in [0.5, 0.6) is 0 Å². The van der Waals surface area contributed by atoms with Gasteiger partial charge in [-0.15, -0.1) is 0 Å². The Balaban J connectivity index is 1.12. The lowest BCUT2D eigenvalue weighted by molar-refractivity contribution is -0.119. The third kappa shape index (κ3) is 6.57. The lowest BCUT2D eigenvalue weighted by Crippen LogP contribution is -2.41. The van der Waals surface area contributed by atoms with Crippen molar-refractivity contribution in [3.63, 3.8) is 0 Å². The van der Waals surface area contributed by atoms with E-state index in [1.165, 1.54) is 30.5 Å². The van der Waals surface area contributed by atoms with Crippen molar-refractivity contribution in [1.82, 2.24) is 20.3 Å². The number of aromatic nitrogens is 3. The van der Waals surface area contributed by atoms with Crippen LogP contribution in [0.3, 0.4) is 0 Å². The highest BCUT2D eigenvalue weighted by molar-refractivity contribution is 5.87. The lowest BCUT2D eigenvalue weighted by atomic mass is 9.82. The van der Waals surface area contributed by atoms with Crippen LogP contribution in [-0.2, 0) is 22.4 Å². The molecule has 3 heterocycles. The fourth-order valence-electron chi connectivity index (χ4n) is 5.80. The number of aromatic amines is 1. The van der Waals surface area contributed by atoms with Crippen LogP contribution in [0.25, 0.3) is 11.0 Å². The first-order valence-electron chi connectivity index (χ1n) is 14.6. The van der Waals surface area contributed by atoms with E-state index in [-0.39, 0.29) is 24.3 Å². The van der Waals surface area contributed by atoms with Crippen LogP contribution in [0.15, 0.2) is 85.2 Å². The van der Waals surface area contributed by atoms with Crippen molar-refractivity contribution >= 4 is 16.8 Å². The standard InChI is InChI=1S/C34H32F3N5O2/c35-23-9-5-20(6-10-23)32(21-7-11-24(36)12-8-21)33(38)31(43)15-22-16-39-18-27(37)26(22)14-13-25-17-40-30(19-44-25)34-41-28-3-1-2-4-29(28)42-34/h1-12,16,18,25,30,32-33,40H,13-15,17,19,38H2,(H,41,42)/t25-,30+,33-/m1/s1. The number of rotatable bonds is 10. The maximum Gasteiger partial charge on any atom is 0.154 e. The van der Waals surface area contributed by atoms with E-state index in [0.717, 1.165) is 23.1 Å². The van der Waals surface area contributed by atoms with Crippen LogP contribution in [0.1, 0.15) is 46.5 Å². The number of ketones is 1. The molecule has 0 aliphatic carbocycles. The second-order valence-electron chi connectivity index (χ2n) is 11.1. The van der Waals surface area contributed by atoms with Crippen molar-refractivity contribution < 1.29 is 22.7 Å². The van der Waals surface area contributed by atoms with Gasteiger partial charge in [-0.3, -0.25) is 9.78 Å². The average Bonchev–Trinajstić information content (AvgIpc) is 3.47. The van der Waals surface area contributed by atoms with Gasteiger partial charge in [0.05, 0.1) is 42.0 Å². The second kappa shape index (κ2) is 13.1. The number of para-hydroxylation sites is 2. The van der Waals surface area contributed by atoms with Gasteiger partial charge in [-0.1, -0.05) is 36.4 Å². The molecule has 3 atom stereocenters. The van der Waals surface area contributed by atoms with E-state index in [2.05, 4.69) is 20.3 Å².